The fourth-order valence-corrected chi connectivity index (χ4v) is 5.04. The molecule has 1 saturated heterocycles. The molecule has 4 rings (SSSR count). The van der Waals surface area contributed by atoms with E-state index in [1.165, 1.54) is 17.3 Å². The highest BCUT2D eigenvalue weighted by Crippen LogP contribution is 2.38. The van der Waals surface area contributed by atoms with Gasteiger partial charge in [0.2, 0.25) is 5.95 Å². The van der Waals surface area contributed by atoms with Crippen LogP contribution in [0, 0.1) is 6.92 Å². The highest BCUT2D eigenvalue weighted by molar-refractivity contribution is 7.79. The van der Waals surface area contributed by atoms with E-state index in [9.17, 15) is 8.76 Å². The zero-order chi connectivity index (χ0) is 25.8. The first-order chi connectivity index (χ1) is 17.2. The van der Waals surface area contributed by atoms with Gasteiger partial charge in [0.1, 0.15) is 10.8 Å². The number of anilines is 4. The van der Waals surface area contributed by atoms with Crippen LogP contribution in [0.2, 0.25) is 5.02 Å². The van der Waals surface area contributed by atoms with Crippen molar-refractivity contribution in [1.82, 2.24) is 14.9 Å². The van der Waals surface area contributed by atoms with E-state index in [1.54, 1.807) is 24.3 Å². The van der Waals surface area contributed by atoms with E-state index < -0.39 is 11.1 Å². The van der Waals surface area contributed by atoms with E-state index in [0.717, 1.165) is 37.4 Å². The van der Waals surface area contributed by atoms with Crippen LogP contribution in [-0.2, 0) is 11.1 Å². The van der Waals surface area contributed by atoms with Crippen molar-refractivity contribution in [3.8, 4) is 5.75 Å². The first kappa shape index (κ1) is 26.3. The molecule has 0 amide bonds. The second kappa shape index (κ2) is 11.6. The average molecular weight is 530 g/mol. The number of para-hydroxylation sites is 1. The molecular formula is C26H32ClN5O3S. The number of nitrogens with one attached hydrogen (secondary N) is 2. The van der Waals surface area contributed by atoms with Crippen LogP contribution in [0.5, 0.6) is 5.75 Å². The van der Waals surface area contributed by atoms with Gasteiger partial charge < -0.3 is 24.8 Å². The number of aryl methyl sites for hydroxylation is 1. The molecule has 0 spiro atoms. The number of likely N-dealkylation sites (tertiary alicyclic amines) is 1. The second-order valence-corrected chi connectivity index (χ2v) is 10.7. The molecule has 0 saturated carbocycles. The summed E-state index contributed by atoms with van der Waals surface area (Å²) in [7, 11) is 2.17. The summed E-state index contributed by atoms with van der Waals surface area (Å²) >= 11 is 4.18. The van der Waals surface area contributed by atoms with Gasteiger partial charge in [-0.2, -0.15) is 4.98 Å². The number of halogens is 1. The summed E-state index contributed by atoms with van der Waals surface area (Å²) in [5, 5.41) is 6.62. The first-order valence-corrected chi connectivity index (χ1v) is 13.5. The summed E-state index contributed by atoms with van der Waals surface area (Å²) in [5.41, 5.74) is 3.71. The number of ether oxygens (including phenoxy) is 1. The van der Waals surface area contributed by atoms with Crippen molar-refractivity contribution >= 4 is 45.8 Å². The number of rotatable bonds is 8. The molecule has 10 heteroatoms. The molecule has 3 N–H and O–H groups in total. The van der Waals surface area contributed by atoms with Crippen LogP contribution in [0.25, 0.3) is 0 Å². The molecule has 36 heavy (non-hydrogen) atoms. The monoisotopic (exact) mass is 529 g/mol. The van der Waals surface area contributed by atoms with Crippen LogP contribution in [0.3, 0.4) is 0 Å². The number of nitrogens with zero attached hydrogens (tertiary/aromatic N) is 3. The maximum Gasteiger partial charge on any atom is 0.229 e. The van der Waals surface area contributed by atoms with Crippen LogP contribution in [0.4, 0.5) is 23.1 Å². The quantitative estimate of drug-likeness (QED) is 0.301. The molecule has 3 aromatic rings. The SMILES string of the molecule is Cc1cc(Nc2ncc(Cl)c(Nc3ccccc3S(=O)O)n2)c(OC(C)C)cc1C1CCN(C)CC1. The number of benzene rings is 2. The highest BCUT2D eigenvalue weighted by atomic mass is 35.5. The van der Waals surface area contributed by atoms with Gasteiger partial charge in [-0.15, -0.1) is 0 Å². The molecule has 192 valence electrons. The molecule has 1 atom stereocenters. The fourth-order valence-electron chi connectivity index (χ4n) is 4.40. The standard InChI is InChI=1S/C26H32ClN5O3S/c1-16(2)35-23-14-19(18-9-11-32(4)12-10-18)17(3)13-22(23)30-26-28-15-20(27)25(31-26)29-21-7-5-6-8-24(21)36(33)34/h5-8,13-16,18H,9-12H2,1-4H3,(H,33,34)(H2,28,29,30,31). The summed E-state index contributed by atoms with van der Waals surface area (Å²) in [5.74, 6) is 1.89. The maximum absolute atomic E-state index is 11.7. The van der Waals surface area contributed by atoms with Gasteiger partial charge in [0, 0.05) is 0 Å². The zero-order valence-electron chi connectivity index (χ0n) is 20.9. The molecule has 8 nitrogen and oxygen atoms in total. The topological polar surface area (TPSA) is 99.6 Å². The van der Waals surface area contributed by atoms with Crippen molar-refractivity contribution < 1.29 is 13.5 Å². The van der Waals surface area contributed by atoms with Crippen LogP contribution in [0.1, 0.15) is 43.7 Å². The third kappa shape index (κ3) is 6.34. The van der Waals surface area contributed by atoms with Gasteiger partial charge in [0.15, 0.2) is 16.9 Å². The molecule has 2 heterocycles. The van der Waals surface area contributed by atoms with Crippen molar-refractivity contribution in [3.63, 3.8) is 0 Å². The molecule has 0 radical (unpaired) electrons. The second-order valence-electron chi connectivity index (χ2n) is 9.33. The Balaban J connectivity index is 1.63. The van der Waals surface area contributed by atoms with Gasteiger partial charge in [0.25, 0.3) is 0 Å². The number of aromatic nitrogens is 2. The Kier molecular flexibility index (Phi) is 8.46. The van der Waals surface area contributed by atoms with Gasteiger partial charge in [-0.3, -0.25) is 0 Å². The maximum atomic E-state index is 11.7. The van der Waals surface area contributed by atoms with Crippen LogP contribution < -0.4 is 15.4 Å². The first-order valence-electron chi connectivity index (χ1n) is 12.0. The van der Waals surface area contributed by atoms with E-state index in [0.29, 0.717) is 23.4 Å². The lowest BCUT2D eigenvalue weighted by atomic mass is 9.86. The minimum atomic E-state index is -2.16. The Morgan fingerprint density at radius 2 is 1.89 bits per heavy atom. The Morgan fingerprint density at radius 3 is 2.58 bits per heavy atom. The Hall–Kier alpha value is -2.72. The normalized spacial score (nSPS) is 15.6. The number of hydrogen-bond donors (Lipinski definition) is 3. The molecule has 0 bridgehead atoms. The Morgan fingerprint density at radius 1 is 1.17 bits per heavy atom. The largest absolute Gasteiger partial charge is 0.489 e. The van der Waals surface area contributed by atoms with Gasteiger partial charge in [0.05, 0.1) is 28.6 Å². The lowest BCUT2D eigenvalue weighted by molar-refractivity contribution is 0.241. The minimum Gasteiger partial charge on any atom is -0.489 e. The molecular weight excluding hydrogens is 498 g/mol. The smallest absolute Gasteiger partial charge is 0.229 e. The highest BCUT2D eigenvalue weighted by Gasteiger charge is 2.22. The third-order valence-corrected chi connectivity index (χ3v) is 7.22. The van der Waals surface area contributed by atoms with E-state index >= 15 is 0 Å². The summed E-state index contributed by atoms with van der Waals surface area (Å²) in [4.78, 5) is 11.5. The van der Waals surface area contributed by atoms with Gasteiger partial charge in [-0.25, -0.2) is 9.19 Å². The van der Waals surface area contributed by atoms with E-state index in [1.807, 2.05) is 13.8 Å². The van der Waals surface area contributed by atoms with E-state index in [-0.39, 0.29) is 16.0 Å². The fraction of sp³-hybridized carbons (Fsp3) is 0.385. The predicted octanol–water partition coefficient (Wildman–Crippen LogP) is 6.10. The van der Waals surface area contributed by atoms with E-state index in [2.05, 4.69) is 51.6 Å². The Labute approximate surface area is 219 Å². The molecule has 1 fully saturated rings. The molecule has 1 aliphatic heterocycles. The molecule has 2 aromatic carbocycles. The van der Waals surface area contributed by atoms with Crippen LogP contribution in [0.15, 0.2) is 47.5 Å². The van der Waals surface area contributed by atoms with Crippen molar-refractivity contribution in [3.05, 3.63) is 58.7 Å². The van der Waals surface area contributed by atoms with Crippen LogP contribution >= 0.6 is 11.6 Å². The number of piperidine rings is 1. The summed E-state index contributed by atoms with van der Waals surface area (Å²) in [6, 6.07) is 10.9. The average Bonchev–Trinajstić information content (AvgIpc) is 2.83. The summed E-state index contributed by atoms with van der Waals surface area (Å²) in [6.45, 7) is 8.31. The van der Waals surface area contributed by atoms with Crippen molar-refractivity contribution in [2.75, 3.05) is 30.8 Å². The van der Waals surface area contributed by atoms with Crippen LogP contribution in [-0.4, -0.2) is 49.9 Å². The molecule has 1 aliphatic rings. The third-order valence-electron chi connectivity index (χ3n) is 6.21. The molecule has 1 aromatic heterocycles. The molecule has 1 unspecified atom stereocenters. The van der Waals surface area contributed by atoms with Gasteiger partial charge in [-0.1, -0.05) is 23.7 Å². The minimum absolute atomic E-state index is 0.00203. The van der Waals surface area contributed by atoms with Gasteiger partial charge >= 0.3 is 0 Å². The van der Waals surface area contributed by atoms with Crippen molar-refractivity contribution in [2.45, 2.75) is 50.5 Å². The van der Waals surface area contributed by atoms with Crippen molar-refractivity contribution in [1.29, 1.82) is 0 Å². The van der Waals surface area contributed by atoms with E-state index in [4.69, 9.17) is 16.3 Å². The Bertz CT molecular complexity index is 1250. The predicted molar refractivity (Wildman–Crippen MR) is 146 cm³/mol. The number of hydrogen-bond acceptors (Lipinski definition) is 7. The van der Waals surface area contributed by atoms with Gasteiger partial charge in [-0.05, 0) is 95.1 Å². The van der Waals surface area contributed by atoms with Crippen molar-refractivity contribution in [2.24, 2.45) is 0 Å². The zero-order valence-corrected chi connectivity index (χ0v) is 22.5. The lowest BCUT2D eigenvalue weighted by Gasteiger charge is -2.30. The molecule has 0 aliphatic carbocycles. The summed E-state index contributed by atoms with van der Waals surface area (Å²) < 4.78 is 27.5. The summed E-state index contributed by atoms with van der Waals surface area (Å²) in [6.07, 6.45) is 3.74. The lowest BCUT2D eigenvalue weighted by Crippen LogP contribution is -2.29.